The molecule has 3 rings (SSSR count). The molecule has 3 aliphatic rings. The van der Waals surface area contributed by atoms with Crippen molar-refractivity contribution in [1.82, 2.24) is 0 Å². The van der Waals surface area contributed by atoms with Gasteiger partial charge in [0, 0.05) is 6.42 Å². The van der Waals surface area contributed by atoms with Crippen LogP contribution in [-0.2, 0) is 0 Å². The van der Waals surface area contributed by atoms with Crippen LogP contribution in [0.4, 0.5) is 0 Å². The van der Waals surface area contributed by atoms with Gasteiger partial charge in [0.2, 0.25) is 0 Å². The Morgan fingerprint density at radius 3 is 2.63 bits per heavy atom. The van der Waals surface area contributed by atoms with Gasteiger partial charge in [-0.05, 0) is 93.6 Å². The number of fused-ring (bicyclic) bond motifs is 1. The van der Waals surface area contributed by atoms with E-state index < -0.39 is 17.8 Å². The van der Waals surface area contributed by atoms with Crippen LogP contribution >= 0.6 is 0 Å². The van der Waals surface area contributed by atoms with Gasteiger partial charge in [0.1, 0.15) is 0 Å². The Hall–Kier alpha value is -0.900. The monoisotopic (exact) mass is 416 g/mol. The first kappa shape index (κ1) is 23.8. The molecule has 0 radical (unpaired) electrons. The summed E-state index contributed by atoms with van der Waals surface area (Å²) >= 11 is 0. The molecular weight excluding hydrogens is 372 g/mol. The van der Waals surface area contributed by atoms with Crippen molar-refractivity contribution < 1.29 is 15.3 Å². The maximum atomic E-state index is 10.0. The van der Waals surface area contributed by atoms with E-state index in [0.29, 0.717) is 30.1 Å². The number of hydrogen-bond acceptors (Lipinski definition) is 3. The van der Waals surface area contributed by atoms with Crippen molar-refractivity contribution in [3.63, 3.8) is 0 Å². The van der Waals surface area contributed by atoms with E-state index in [9.17, 15) is 15.3 Å². The zero-order valence-electron chi connectivity index (χ0n) is 19.8. The summed E-state index contributed by atoms with van der Waals surface area (Å²) in [5.74, 6) is 2.05. The summed E-state index contributed by atoms with van der Waals surface area (Å²) in [4.78, 5) is 0. The molecule has 0 aliphatic heterocycles. The van der Waals surface area contributed by atoms with Gasteiger partial charge in [-0.25, -0.2) is 0 Å². The van der Waals surface area contributed by atoms with Gasteiger partial charge in [0.25, 0.3) is 0 Å². The molecule has 0 spiro atoms. The van der Waals surface area contributed by atoms with E-state index >= 15 is 0 Å². The average molecular weight is 417 g/mol. The van der Waals surface area contributed by atoms with Crippen LogP contribution in [0.3, 0.4) is 0 Å². The Kier molecular flexibility index (Phi) is 7.37. The molecule has 3 nitrogen and oxygen atoms in total. The summed E-state index contributed by atoms with van der Waals surface area (Å²) in [5, 5.41) is 30.0. The lowest BCUT2D eigenvalue weighted by Crippen LogP contribution is -2.36. The number of hydrogen-bond donors (Lipinski definition) is 3. The standard InChI is InChI=1S/C27H44O3/c1-18-12-14-27(5)24(19(2)7-6-13-26(3,4)30)10-11-25(27)23(18)9-8-20-15-21(28)17-22(29)16-20/h8-9,15,19,21-22,24-25,28-30H,6-7,10-14,16-17H2,1-5H3/b9-8-/t19-,21-,22-,24-,25+,27-/m1/s1. The van der Waals surface area contributed by atoms with E-state index in [2.05, 4.69) is 32.9 Å². The summed E-state index contributed by atoms with van der Waals surface area (Å²) in [6.45, 7) is 11.1. The Bertz CT molecular complexity index is 695. The molecule has 3 heteroatoms. The first-order chi connectivity index (χ1) is 14.0. The van der Waals surface area contributed by atoms with Gasteiger partial charge in [0.15, 0.2) is 0 Å². The van der Waals surface area contributed by atoms with Crippen LogP contribution in [-0.4, -0.2) is 33.1 Å². The maximum absolute atomic E-state index is 10.0. The summed E-state index contributed by atoms with van der Waals surface area (Å²) in [6, 6.07) is 0. The molecule has 6 atom stereocenters. The number of aliphatic hydroxyl groups is 3. The molecular formula is C27H44O3. The second-order valence-corrected chi connectivity index (χ2v) is 11.4. The molecule has 0 heterocycles. The van der Waals surface area contributed by atoms with Crippen LogP contribution in [0.5, 0.6) is 0 Å². The lowest BCUT2D eigenvalue weighted by Gasteiger charge is -2.44. The third-order valence-corrected chi connectivity index (χ3v) is 8.32. The number of rotatable bonds is 7. The van der Waals surface area contributed by atoms with Crippen molar-refractivity contribution in [3.05, 3.63) is 34.9 Å². The Morgan fingerprint density at radius 1 is 1.23 bits per heavy atom. The minimum Gasteiger partial charge on any atom is -0.393 e. The highest BCUT2D eigenvalue weighted by Crippen LogP contribution is 2.60. The van der Waals surface area contributed by atoms with Crippen molar-refractivity contribution in [2.45, 2.75) is 110 Å². The quantitative estimate of drug-likeness (QED) is 0.498. The van der Waals surface area contributed by atoms with Crippen molar-refractivity contribution in [2.75, 3.05) is 0 Å². The summed E-state index contributed by atoms with van der Waals surface area (Å²) in [5.41, 5.74) is 3.88. The molecule has 3 N–H and O–H groups in total. The molecule has 0 saturated heterocycles. The number of aliphatic hydroxyl groups excluding tert-OH is 2. The van der Waals surface area contributed by atoms with Gasteiger partial charge in [-0.15, -0.1) is 0 Å². The Labute approximate surface area is 184 Å². The van der Waals surface area contributed by atoms with Crippen LogP contribution < -0.4 is 0 Å². The lowest BCUT2D eigenvalue weighted by molar-refractivity contribution is 0.0611. The van der Waals surface area contributed by atoms with Gasteiger partial charge >= 0.3 is 0 Å². The summed E-state index contributed by atoms with van der Waals surface area (Å²) in [7, 11) is 0. The van der Waals surface area contributed by atoms with Gasteiger partial charge in [0.05, 0.1) is 17.8 Å². The number of allylic oxidation sites excluding steroid dienone is 4. The predicted molar refractivity (Wildman–Crippen MR) is 124 cm³/mol. The van der Waals surface area contributed by atoms with E-state index in [0.717, 1.165) is 24.3 Å². The SMILES string of the molecule is CC1=C(/C=C\C2=C[C@@H](O)C[C@H](O)C2)[C@@H]2CC[C@H]([C@H](C)CCCC(C)(C)O)[C@@]2(C)CC1. The van der Waals surface area contributed by atoms with E-state index in [-0.39, 0.29) is 0 Å². The Balaban J connectivity index is 1.71. The van der Waals surface area contributed by atoms with Crippen LogP contribution in [0.25, 0.3) is 0 Å². The molecule has 0 unspecified atom stereocenters. The second-order valence-electron chi connectivity index (χ2n) is 11.4. The molecule has 1 saturated carbocycles. The highest BCUT2D eigenvalue weighted by Gasteiger charge is 2.50. The topological polar surface area (TPSA) is 60.7 Å². The molecule has 30 heavy (non-hydrogen) atoms. The van der Waals surface area contributed by atoms with Crippen molar-refractivity contribution in [1.29, 1.82) is 0 Å². The first-order valence-electron chi connectivity index (χ1n) is 12.2. The highest BCUT2D eigenvalue weighted by molar-refractivity contribution is 5.37. The largest absolute Gasteiger partial charge is 0.393 e. The van der Waals surface area contributed by atoms with Crippen molar-refractivity contribution in [3.8, 4) is 0 Å². The first-order valence-corrected chi connectivity index (χ1v) is 12.2. The predicted octanol–water partition coefficient (Wildman–Crippen LogP) is 5.70. The van der Waals surface area contributed by atoms with Gasteiger partial charge in [-0.1, -0.05) is 50.5 Å². The van der Waals surface area contributed by atoms with Crippen molar-refractivity contribution in [2.24, 2.45) is 23.2 Å². The zero-order chi connectivity index (χ0) is 22.1. The molecule has 0 aromatic carbocycles. The lowest BCUT2D eigenvalue weighted by atomic mass is 9.60. The van der Waals surface area contributed by atoms with Gasteiger partial charge < -0.3 is 15.3 Å². The molecule has 1 fully saturated rings. The maximum Gasteiger partial charge on any atom is 0.0751 e. The average Bonchev–Trinajstić information content (AvgIpc) is 2.97. The smallest absolute Gasteiger partial charge is 0.0751 e. The second kappa shape index (κ2) is 9.30. The minimum absolute atomic E-state index is 0.354. The molecule has 170 valence electrons. The van der Waals surface area contributed by atoms with E-state index in [1.807, 2.05) is 19.9 Å². The van der Waals surface area contributed by atoms with E-state index in [1.54, 1.807) is 0 Å². The fraction of sp³-hybridized carbons (Fsp3) is 0.778. The van der Waals surface area contributed by atoms with Crippen LogP contribution in [0.15, 0.2) is 34.9 Å². The van der Waals surface area contributed by atoms with Crippen LogP contribution in [0.1, 0.15) is 92.4 Å². The van der Waals surface area contributed by atoms with E-state index in [1.165, 1.54) is 43.3 Å². The molecule has 3 aliphatic carbocycles. The van der Waals surface area contributed by atoms with Crippen LogP contribution in [0, 0.1) is 23.2 Å². The molecule has 0 bridgehead atoms. The molecule has 0 aromatic rings. The van der Waals surface area contributed by atoms with Crippen LogP contribution in [0.2, 0.25) is 0 Å². The summed E-state index contributed by atoms with van der Waals surface area (Å²) < 4.78 is 0. The molecule has 0 aromatic heterocycles. The Morgan fingerprint density at radius 2 is 1.97 bits per heavy atom. The summed E-state index contributed by atoms with van der Waals surface area (Å²) in [6.07, 6.45) is 14.7. The fourth-order valence-electron chi connectivity index (χ4n) is 6.62. The normalized spacial score (nSPS) is 36.2. The van der Waals surface area contributed by atoms with E-state index in [4.69, 9.17) is 0 Å². The zero-order valence-corrected chi connectivity index (χ0v) is 19.8. The van der Waals surface area contributed by atoms with Gasteiger partial charge in [-0.3, -0.25) is 0 Å². The minimum atomic E-state index is -0.556. The highest BCUT2D eigenvalue weighted by atomic mass is 16.3. The third kappa shape index (κ3) is 5.47. The van der Waals surface area contributed by atoms with Crippen molar-refractivity contribution >= 4 is 0 Å². The molecule has 0 amide bonds. The third-order valence-electron chi connectivity index (χ3n) is 8.32. The fourth-order valence-corrected chi connectivity index (χ4v) is 6.62. The van der Waals surface area contributed by atoms with Gasteiger partial charge in [-0.2, -0.15) is 0 Å².